The second-order valence-electron chi connectivity index (χ2n) is 12.0. The molecule has 33 heavy (non-hydrogen) atoms. The Balaban J connectivity index is 2.15. The van der Waals surface area contributed by atoms with Crippen molar-refractivity contribution >= 4 is 11.8 Å². The first-order valence-electron chi connectivity index (χ1n) is 13.2. The molecule has 0 aliphatic carbocycles. The van der Waals surface area contributed by atoms with Gasteiger partial charge in [-0.2, -0.15) is 0 Å². The molecule has 3 atom stereocenters. The first-order valence-corrected chi connectivity index (χ1v) is 14.0. The Bertz CT molecular complexity index is 980. The van der Waals surface area contributed by atoms with Crippen LogP contribution in [0.4, 0.5) is 0 Å². The Kier molecular flexibility index (Phi) is 7.28. The SMILES string of the molecule is CCc1ccc(Cc2cc(C3(C)SC(C)(CC)C(C)(C)C(C)C3(C)C)c(CC)cc2C)cc1. The van der Waals surface area contributed by atoms with Crippen molar-refractivity contribution in [3.63, 3.8) is 0 Å². The largest absolute Gasteiger partial charge is 0.143 e. The minimum Gasteiger partial charge on any atom is -0.143 e. The molecule has 1 aliphatic rings. The number of hydrogen-bond acceptors (Lipinski definition) is 1. The zero-order valence-electron chi connectivity index (χ0n) is 23.3. The van der Waals surface area contributed by atoms with Gasteiger partial charge in [0.05, 0.1) is 0 Å². The van der Waals surface area contributed by atoms with E-state index in [-0.39, 0.29) is 20.3 Å². The lowest BCUT2D eigenvalue weighted by Crippen LogP contribution is -2.60. The fourth-order valence-corrected chi connectivity index (χ4v) is 8.49. The smallest absolute Gasteiger partial charge is 0.0442 e. The van der Waals surface area contributed by atoms with Gasteiger partial charge in [0.2, 0.25) is 0 Å². The van der Waals surface area contributed by atoms with Crippen molar-refractivity contribution in [1.29, 1.82) is 0 Å². The summed E-state index contributed by atoms with van der Waals surface area (Å²) < 4.78 is 0.301. The molecule has 182 valence electrons. The van der Waals surface area contributed by atoms with Gasteiger partial charge < -0.3 is 0 Å². The molecule has 0 spiro atoms. The van der Waals surface area contributed by atoms with Gasteiger partial charge in [0, 0.05) is 9.49 Å². The van der Waals surface area contributed by atoms with E-state index in [0.717, 1.165) is 19.3 Å². The summed E-state index contributed by atoms with van der Waals surface area (Å²) >= 11 is 2.26. The highest BCUT2D eigenvalue weighted by Gasteiger charge is 2.62. The van der Waals surface area contributed by atoms with Gasteiger partial charge in [0.25, 0.3) is 0 Å². The molecule has 0 bridgehead atoms. The molecule has 2 aromatic carbocycles. The van der Waals surface area contributed by atoms with E-state index >= 15 is 0 Å². The Morgan fingerprint density at radius 1 is 0.758 bits per heavy atom. The molecule has 1 aliphatic heterocycles. The highest BCUT2D eigenvalue weighted by molar-refractivity contribution is 8.01. The third-order valence-electron chi connectivity index (χ3n) is 10.1. The van der Waals surface area contributed by atoms with Crippen LogP contribution in [0, 0.1) is 23.7 Å². The number of aryl methyl sites for hydroxylation is 3. The molecule has 0 saturated carbocycles. The topological polar surface area (TPSA) is 0 Å². The van der Waals surface area contributed by atoms with Crippen LogP contribution >= 0.6 is 11.8 Å². The van der Waals surface area contributed by atoms with Crippen LogP contribution in [0.1, 0.15) is 109 Å². The first kappa shape index (κ1) is 26.4. The Morgan fingerprint density at radius 3 is 1.85 bits per heavy atom. The molecule has 3 rings (SSSR count). The van der Waals surface area contributed by atoms with Crippen molar-refractivity contribution in [2.45, 2.75) is 111 Å². The molecule has 1 heteroatoms. The first-order chi connectivity index (χ1) is 15.3. The lowest BCUT2D eigenvalue weighted by Gasteiger charge is -2.65. The number of thioether (sulfide) groups is 1. The summed E-state index contributed by atoms with van der Waals surface area (Å²) in [5.41, 5.74) is 9.31. The fourth-order valence-electron chi connectivity index (χ4n) is 6.27. The van der Waals surface area contributed by atoms with Crippen LogP contribution in [0.3, 0.4) is 0 Å². The van der Waals surface area contributed by atoms with Crippen LogP contribution in [0.5, 0.6) is 0 Å². The summed E-state index contributed by atoms with van der Waals surface area (Å²) in [7, 11) is 0. The van der Waals surface area contributed by atoms with E-state index in [2.05, 4.69) is 124 Å². The van der Waals surface area contributed by atoms with E-state index in [1.165, 1.54) is 34.2 Å². The highest BCUT2D eigenvalue weighted by atomic mass is 32.2. The van der Waals surface area contributed by atoms with E-state index in [9.17, 15) is 0 Å². The monoisotopic (exact) mass is 464 g/mol. The molecule has 0 nitrogen and oxygen atoms in total. The molecule has 0 amide bonds. The second-order valence-corrected chi connectivity index (χ2v) is 13.9. The summed E-state index contributed by atoms with van der Waals surface area (Å²) in [5, 5.41) is 0. The van der Waals surface area contributed by atoms with Gasteiger partial charge in [-0.1, -0.05) is 91.8 Å². The van der Waals surface area contributed by atoms with Crippen molar-refractivity contribution in [3.05, 3.63) is 69.8 Å². The van der Waals surface area contributed by atoms with Crippen LogP contribution < -0.4 is 0 Å². The van der Waals surface area contributed by atoms with E-state index in [4.69, 9.17) is 0 Å². The summed E-state index contributed by atoms with van der Waals surface area (Å²) in [6.45, 7) is 26.9. The quantitative estimate of drug-likeness (QED) is 0.410. The maximum absolute atomic E-state index is 2.60. The summed E-state index contributed by atoms with van der Waals surface area (Å²) in [6, 6.07) is 14.3. The zero-order valence-corrected chi connectivity index (χ0v) is 24.1. The van der Waals surface area contributed by atoms with Gasteiger partial charge in [-0.3, -0.25) is 0 Å². The van der Waals surface area contributed by atoms with Crippen molar-refractivity contribution in [2.24, 2.45) is 16.7 Å². The minimum absolute atomic E-state index is 0.0621. The number of hydrogen-bond donors (Lipinski definition) is 0. The fraction of sp³-hybridized carbons (Fsp3) is 0.625. The molecule has 1 fully saturated rings. The van der Waals surface area contributed by atoms with Crippen molar-refractivity contribution in [2.75, 3.05) is 0 Å². The summed E-state index contributed by atoms with van der Waals surface area (Å²) in [6.07, 6.45) is 4.41. The van der Waals surface area contributed by atoms with Crippen LogP contribution in [0.15, 0.2) is 36.4 Å². The Morgan fingerprint density at radius 2 is 1.33 bits per heavy atom. The molecule has 1 heterocycles. The predicted octanol–water partition coefficient (Wildman–Crippen LogP) is 9.53. The number of rotatable bonds is 6. The van der Waals surface area contributed by atoms with Crippen LogP contribution in [-0.2, 0) is 24.0 Å². The van der Waals surface area contributed by atoms with E-state index in [1.807, 2.05) is 0 Å². The molecule has 3 unspecified atom stereocenters. The van der Waals surface area contributed by atoms with Crippen molar-refractivity contribution in [1.82, 2.24) is 0 Å². The summed E-state index contributed by atoms with van der Waals surface area (Å²) in [5.74, 6) is 0.609. The van der Waals surface area contributed by atoms with Gasteiger partial charge >= 0.3 is 0 Å². The molecule has 2 aromatic rings. The van der Waals surface area contributed by atoms with Crippen LogP contribution in [0.25, 0.3) is 0 Å². The van der Waals surface area contributed by atoms with Gasteiger partial charge in [-0.25, -0.2) is 0 Å². The average Bonchev–Trinajstić information content (AvgIpc) is 2.78. The van der Waals surface area contributed by atoms with Crippen LogP contribution in [-0.4, -0.2) is 4.75 Å². The molecule has 0 aromatic heterocycles. The van der Waals surface area contributed by atoms with Crippen molar-refractivity contribution in [3.8, 4) is 0 Å². The molecule has 1 saturated heterocycles. The van der Waals surface area contributed by atoms with Gasteiger partial charge in [-0.05, 0) is 96.6 Å². The summed E-state index contributed by atoms with van der Waals surface area (Å²) in [4.78, 5) is 0. The zero-order chi connectivity index (χ0) is 24.8. The van der Waals surface area contributed by atoms with Crippen LogP contribution in [0.2, 0.25) is 0 Å². The Hall–Kier alpha value is -1.21. The van der Waals surface area contributed by atoms with Crippen molar-refractivity contribution < 1.29 is 0 Å². The maximum atomic E-state index is 2.60. The molecular formula is C32H48S. The van der Waals surface area contributed by atoms with Gasteiger partial charge in [0.1, 0.15) is 0 Å². The standard InChI is InChI=1S/C32H48S/c1-12-24-15-17-25(18-16-24)20-27-21-28(26(13-2)19-22(27)4)32(11)30(8,9)23(5)29(6,7)31(10,14-3)33-32/h15-19,21,23H,12-14,20H2,1-11H3. The van der Waals surface area contributed by atoms with E-state index < -0.39 is 0 Å². The lowest BCUT2D eigenvalue weighted by molar-refractivity contribution is 0.0102. The lowest BCUT2D eigenvalue weighted by atomic mass is 9.54. The third kappa shape index (κ3) is 4.22. The third-order valence-corrected chi connectivity index (χ3v) is 12.6. The second kappa shape index (κ2) is 9.10. The van der Waals surface area contributed by atoms with Gasteiger partial charge in [0.15, 0.2) is 0 Å². The number of benzene rings is 2. The molecule has 0 N–H and O–H groups in total. The van der Waals surface area contributed by atoms with E-state index in [1.54, 1.807) is 5.56 Å². The minimum atomic E-state index is 0.0621. The molecule has 0 radical (unpaired) electrons. The van der Waals surface area contributed by atoms with E-state index in [0.29, 0.717) is 5.92 Å². The predicted molar refractivity (Wildman–Crippen MR) is 150 cm³/mol. The normalized spacial score (nSPS) is 28.6. The van der Waals surface area contributed by atoms with Gasteiger partial charge in [-0.15, -0.1) is 11.8 Å². The Labute approximate surface area is 209 Å². The average molecular weight is 465 g/mol. The maximum Gasteiger partial charge on any atom is 0.0442 e. The highest BCUT2D eigenvalue weighted by Crippen LogP contribution is 2.70. The molecular weight excluding hydrogens is 416 g/mol.